The first-order valence-electron chi connectivity index (χ1n) is 5.93. The zero-order valence-electron chi connectivity index (χ0n) is 10.5. The van der Waals surface area contributed by atoms with Gasteiger partial charge in [-0.2, -0.15) is 0 Å². The minimum Gasteiger partial charge on any atom is -0.481 e. The monoisotopic (exact) mass is 326 g/mol. The van der Waals surface area contributed by atoms with Crippen LogP contribution in [0.15, 0.2) is 47.4 Å². The van der Waals surface area contributed by atoms with Crippen molar-refractivity contribution in [3.63, 3.8) is 0 Å². The summed E-state index contributed by atoms with van der Waals surface area (Å²) in [5, 5.41) is 10.2. The lowest BCUT2D eigenvalue weighted by Crippen LogP contribution is -2.01. The Kier molecular flexibility index (Phi) is 5.35. The van der Waals surface area contributed by atoms with Crippen molar-refractivity contribution >= 4 is 40.9 Å². The first kappa shape index (κ1) is 15.2. The lowest BCUT2D eigenvalue weighted by molar-refractivity contribution is -0.136. The van der Waals surface area contributed by atoms with Crippen molar-refractivity contribution in [3.8, 4) is 0 Å². The van der Waals surface area contributed by atoms with E-state index in [-0.39, 0.29) is 6.42 Å². The van der Waals surface area contributed by atoms with Gasteiger partial charge in [-0.05, 0) is 29.3 Å². The first-order chi connectivity index (χ1) is 9.58. The van der Waals surface area contributed by atoms with Gasteiger partial charge in [-0.15, -0.1) is 11.8 Å². The van der Waals surface area contributed by atoms with E-state index in [2.05, 4.69) is 0 Å². The highest BCUT2D eigenvalue weighted by molar-refractivity contribution is 7.98. The van der Waals surface area contributed by atoms with Crippen LogP contribution in [0.4, 0.5) is 0 Å². The third-order valence-corrected chi connectivity index (χ3v) is 4.60. The smallest absolute Gasteiger partial charge is 0.307 e. The summed E-state index contributed by atoms with van der Waals surface area (Å²) in [5.74, 6) is -0.233. The molecule has 104 valence electrons. The van der Waals surface area contributed by atoms with Crippen LogP contribution >= 0.6 is 35.0 Å². The van der Waals surface area contributed by atoms with Gasteiger partial charge in [-0.1, -0.05) is 47.5 Å². The molecule has 2 rings (SSSR count). The number of rotatable bonds is 5. The number of carboxylic acids is 1. The highest BCUT2D eigenvalue weighted by Gasteiger charge is 2.10. The van der Waals surface area contributed by atoms with Gasteiger partial charge in [0, 0.05) is 20.7 Å². The molecule has 0 saturated carbocycles. The van der Waals surface area contributed by atoms with Crippen molar-refractivity contribution in [1.29, 1.82) is 0 Å². The molecule has 20 heavy (non-hydrogen) atoms. The molecular weight excluding hydrogens is 315 g/mol. The molecule has 2 nitrogen and oxygen atoms in total. The number of carboxylic acid groups (broad SMARTS) is 1. The van der Waals surface area contributed by atoms with E-state index in [9.17, 15) is 4.79 Å². The predicted octanol–water partition coefficient (Wildman–Crippen LogP) is 4.91. The molecule has 0 unspecified atom stereocenters. The van der Waals surface area contributed by atoms with Crippen LogP contribution in [0.1, 0.15) is 11.1 Å². The molecule has 0 spiro atoms. The Morgan fingerprint density at radius 3 is 2.35 bits per heavy atom. The lowest BCUT2D eigenvalue weighted by atomic mass is 10.1. The molecule has 0 heterocycles. The van der Waals surface area contributed by atoms with Crippen LogP contribution < -0.4 is 0 Å². The van der Waals surface area contributed by atoms with Crippen molar-refractivity contribution in [3.05, 3.63) is 63.6 Å². The number of benzene rings is 2. The van der Waals surface area contributed by atoms with Gasteiger partial charge in [-0.25, -0.2) is 0 Å². The predicted molar refractivity (Wildman–Crippen MR) is 83.8 cm³/mol. The van der Waals surface area contributed by atoms with Crippen LogP contribution in [0, 0.1) is 0 Å². The number of hydrogen-bond acceptors (Lipinski definition) is 2. The molecule has 0 bridgehead atoms. The normalized spacial score (nSPS) is 10.5. The van der Waals surface area contributed by atoms with Crippen LogP contribution in [-0.4, -0.2) is 11.1 Å². The van der Waals surface area contributed by atoms with Crippen LogP contribution in [0.5, 0.6) is 0 Å². The number of aliphatic carboxylic acids is 1. The summed E-state index contributed by atoms with van der Waals surface area (Å²) >= 11 is 13.8. The van der Waals surface area contributed by atoms with E-state index < -0.39 is 5.97 Å². The van der Waals surface area contributed by atoms with E-state index in [1.807, 2.05) is 24.3 Å². The van der Waals surface area contributed by atoms with Crippen molar-refractivity contribution in [2.45, 2.75) is 17.1 Å². The summed E-state index contributed by atoms with van der Waals surface area (Å²) in [7, 11) is 0. The number of carbonyl (C=O) groups is 1. The molecule has 5 heteroatoms. The average molecular weight is 327 g/mol. The van der Waals surface area contributed by atoms with Crippen LogP contribution in [0.25, 0.3) is 0 Å². The van der Waals surface area contributed by atoms with Crippen LogP contribution in [0.2, 0.25) is 10.0 Å². The molecule has 0 atom stereocenters. The molecule has 0 aliphatic heterocycles. The Hall–Kier alpha value is -1.16. The van der Waals surface area contributed by atoms with Gasteiger partial charge in [0.25, 0.3) is 0 Å². The summed E-state index contributed by atoms with van der Waals surface area (Å²) in [6.45, 7) is 0. The summed E-state index contributed by atoms with van der Waals surface area (Å²) in [4.78, 5) is 11.8. The fraction of sp³-hybridized carbons (Fsp3) is 0.133. The van der Waals surface area contributed by atoms with Crippen LogP contribution in [-0.2, 0) is 17.0 Å². The van der Waals surface area contributed by atoms with Gasteiger partial charge < -0.3 is 5.11 Å². The van der Waals surface area contributed by atoms with Crippen LogP contribution in [0.3, 0.4) is 0 Å². The fourth-order valence-corrected chi connectivity index (χ4v) is 3.57. The van der Waals surface area contributed by atoms with Gasteiger partial charge in [0.15, 0.2) is 0 Å². The molecule has 0 amide bonds. The molecule has 0 fully saturated rings. The minimum atomic E-state index is -0.839. The van der Waals surface area contributed by atoms with Crippen molar-refractivity contribution in [2.75, 3.05) is 0 Å². The number of halogens is 2. The molecular formula is C15H12Cl2O2S. The zero-order valence-corrected chi connectivity index (χ0v) is 12.8. The Labute approximate surface area is 131 Å². The number of thioether (sulfide) groups is 1. The third kappa shape index (κ3) is 3.92. The average Bonchev–Trinajstić information content (AvgIpc) is 2.39. The number of hydrogen-bond donors (Lipinski definition) is 1. The maximum absolute atomic E-state index is 10.9. The summed E-state index contributed by atoms with van der Waals surface area (Å²) in [6, 6.07) is 12.9. The Balaban J connectivity index is 2.17. The van der Waals surface area contributed by atoms with Gasteiger partial charge in [0.1, 0.15) is 0 Å². The summed E-state index contributed by atoms with van der Waals surface area (Å²) in [5.41, 5.74) is 1.67. The van der Waals surface area contributed by atoms with E-state index >= 15 is 0 Å². The molecule has 0 saturated heterocycles. The highest BCUT2D eigenvalue weighted by atomic mass is 35.5. The molecule has 0 radical (unpaired) electrons. The highest BCUT2D eigenvalue weighted by Crippen LogP contribution is 2.32. The second kappa shape index (κ2) is 7.02. The largest absolute Gasteiger partial charge is 0.481 e. The summed E-state index contributed by atoms with van der Waals surface area (Å²) in [6.07, 6.45) is 0.0133. The van der Waals surface area contributed by atoms with Gasteiger partial charge in [-0.3, -0.25) is 4.79 Å². The van der Waals surface area contributed by atoms with E-state index in [1.165, 1.54) is 11.8 Å². The van der Waals surface area contributed by atoms with E-state index in [0.717, 1.165) is 16.0 Å². The topological polar surface area (TPSA) is 37.3 Å². The van der Waals surface area contributed by atoms with Gasteiger partial charge >= 0.3 is 5.97 Å². The molecule has 0 aromatic heterocycles. The SMILES string of the molecule is O=C(O)Cc1ccccc1SCc1c(Cl)cccc1Cl. The second-order valence-electron chi connectivity index (χ2n) is 4.17. The fourth-order valence-electron chi connectivity index (χ4n) is 1.77. The maximum atomic E-state index is 10.9. The third-order valence-electron chi connectivity index (χ3n) is 2.75. The molecule has 0 aliphatic carbocycles. The Morgan fingerprint density at radius 1 is 1.05 bits per heavy atom. The van der Waals surface area contributed by atoms with Crippen molar-refractivity contribution < 1.29 is 9.90 Å². The standard InChI is InChI=1S/C15H12Cl2O2S/c16-12-5-3-6-13(17)11(12)9-20-14-7-2-1-4-10(14)8-15(18)19/h1-7H,8-9H2,(H,18,19). The second-order valence-corrected chi connectivity index (χ2v) is 6.00. The Bertz CT molecular complexity index is 609. The van der Waals surface area contributed by atoms with Crippen molar-refractivity contribution in [2.24, 2.45) is 0 Å². The van der Waals surface area contributed by atoms with E-state index in [4.69, 9.17) is 28.3 Å². The van der Waals surface area contributed by atoms with E-state index in [0.29, 0.717) is 15.8 Å². The van der Waals surface area contributed by atoms with Crippen molar-refractivity contribution in [1.82, 2.24) is 0 Å². The molecule has 1 N–H and O–H groups in total. The minimum absolute atomic E-state index is 0.0133. The first-order valence-corrected chi connectivity index (χ1v) is 7.67. The quantitative estimate of drug-likeness (QED) is 0.793. The molecule has 0 aliphatic rings. The maximum Gasteiger partial charge on any atom is 0.307 e. The lowest BCUT2D eigenvalue weighted by Gasteiger charge is -2.09. The molecule has 2 aromatic carbocycles. The molecule has 2 aromatic rings. The van der Waals surface area contributed by atoms with Gasteiger partial charge in [0.05, 0.1) is 6.42 Å². The summed E-state index contributed by atoms with van der Waals surface area (Å²) < 4.78 is 0. The van der Waals surface area contributed by atoms with E-state index in [1.54, 1.807) is 18.2 Å². The zero-order chi connectivity index (χ0) is 14.5. The van der Waals surface area contributed by atoms with Gasteiger partial charge in [0.2, 0.25) is 0 Å². The Morgan fingerprint density at radius 2 is 1.70 bits per heavy atom.